The molecule has 1 N–H and O–H groups in total. The van der Waals surface area contributed by atoms with Gasteiger partial charge in [-0.25, -0.2) is 4.39 Å². The lowest BCUT2D eigenvalue weighted by Gasteiger charge is -2.12. The third kappa shape index (κ3) is 2.46. The SMILES string of the molecule is N#Cc1ccc(CNC(=O)C2CC3CC3C2)c(F)c1. The van der Waals surface area contributed by atoms with Crippen LogP contribution in [0.15, 0.2) is 18.2 Å². The summed E-state index contributed by atoms with van der Waals surface area (Å²) in [6.07, 6.45) is 3.27. The van der Waals surface area contributed by atoms with Gasteiger partial charge in [0.05, 0.1) is 11.6 Å². The summed E-state index contributed by atoms with van der Waals surface area (Å²) in [5.74, 6) is 1.25. The van der Waals surface area contributed by atoms with Crippen LogP contribution in [0, 0.1) is 34.9 Å². The van der Waals surface area contributed by atoms with Crippen molar-refractivity contribution in [1.29, 1.82) is 5.26 Å². The van der Waals surface area contributed by atoms with Crippen LogP contribution in [0.2, 0.25) is 0 Å². The molecule has 2 fully saturated rings. The topological polar surface area (TPSA) is 52.9 Å². The molecule has 3 nitrogen and oxygen atoms in total. The van der Waals surface area contributed by atoms with E-state index in [4.69, 9.17) is 5.26 Å². The maximum Gasteiger partial charge on any atom is 0.223 e. The van der Waals surface area contributed by atoms with Gasteiger partial charge in [-0.1, -0.05) is 6.07 Å². The third-order valence-corrected chi connectivity index (χ3v) is 4.25. The molecule has 2 aliphatic rings. The van der Waals surface area contributed by atoms with Crippen molar-refractivity contribution < 1.29 is 9.18 Å². The number of carbonyl (C=O) groups excluding carboxylic acids is 1. The fourth-order valence-corrected chi connectivity index (χ4v) is 3.02. The monoisotopic (exact) mass is 258 g/mol. The second kappa shape index (κ2) is 4.65. The first-order valence-corrected chi connectivity index (χ1v) is 6.63. The summed E-state index contributed by atoms with van der Waals surface area (Å²) in [5, 5.41) is 11.5. The Labute approximate surface area is 111 Å². The molecule has 3 rings (SSSR count). The first-order chi connectivity index (χ1) is 9.17. The summed E-state index contributed by atoms with van der Waals surface area (Å²) in [6.45, 7) is 0.197. The molecule has 2 saturated carbocycles. The minimum absolute atomic E-state index is 0.0379. The number of nitrogens with zero attached hydrogens (tertiary/aromatic N) is 1. The molecule has 0 spiro atoms. The number of nitrogens with one attached hydrogen (secondary N) is 1. The number of rotatable bonds is 3. The maximum atomic E-state index is 13.6. The second-order valence-electron chi connectivity index (χ2n) is 5.56. The maximum absolute atomic E-state index is 13.6. The van der Waals surface area contributed by atoms with Crippen molar-refractivity contribution in [3.63, 3.8) is 0 Å². The van der Waals surface area contributed by atoms with Crippen molar-refractivity contribution in [1.82, 2.24) is 5.32 Å². The van der Waals surface area contributed by atoms with E-state index in [0.717, 1.165) is 24.7 Å². The lowest BCUT2D eigenvalue weighted by atomic mass is 10.0. The Morgan fingerprint density at radius 1 is 1.37 bits per heavy atom. The molecule has 98 valence electrons. The first kappa shape index (κ1) is 12.2. The van der Waals surface area contributed by atoms with Crippen LogP contribution in [0.5, 0.6) is 0 Å². The van der Waals surface area contributed by atoms with Crippen LogP contribution in [-0.4, -0.2) is 5.91 Å². The molecule has 0 heterocycles. The van der Waals surface area contributed by atoms with E-state index in [1.54, 1.807) is 12.1 Å². The molecule has 2 aliphatic carbocycles. The number of halogens is 1. The van der Waals surface area contributed by atoms with Crippen molar-refractivity contribution >= 4 is 5.91 Å². The van der Waals surface area contributed by atoms with Gasteiger partial charge >= 0.3 is 0 Å². The molecule has 4 heteroatoms. The average molecular weight is 258 g/mol. The molecule has 2 atom stereocenters. The predicted octanol–water partition coefficient (Wildman–Crippen LogP) is 2.36. The summed E-state index contributed by atoms with van der Waals surface area (Å²) >= 11 is 0. The average Bonchev–Trinajstić information content (AvgIpc) is 3.03. The summed E-state index contributed by atoms with van der Waals surface area (Å²) < 4.78 is 13.6. The molecule has 1 aromatic carbocycles. The standard InChI is InChI=1S/C15H15FN2O/c16-14-3-9(7-17)1-2-10(14)8-18-15(19)13-5-11-4-12(11)6-13/h1-3,11-13H,4-6,8H2,(H,18,19). The van der Waals surface area contributed by atoms with E-state index < -0.39 is 5.82 Å². The van der Waals surface area contributed by atoms with Gasteiger partial charge in [0.25, 0.3) is 0 Å². The second-order valence-corrected chi connectivity index (χ2v) is 5.56. The number of hydrogen-bond donors (Lipinski definition) is 1. The highest BCUT2D eigenvalue weighted by molar-refractivity contribution is 5.79. The van der Waals surface area contributed by atoms with Crippen molar-refractivity contribution in [2.75, 3.05) is 0 Å². The van der Waals surface area contributed by atoms with Crippen LogP contribution in [-0.2, 0) is 11.3 Å². The quantitative estimate of drug-likeness (QED) is 0.904. The lowest BCUT2D eigenvalue weighted by molar-refractivity contribution is -0.125. The summed E-state index contributed by atoms with van der Waals surface area (Å²) in [6, 6.07) is 6.21. The van der Waals surface area contributed by atoms with Crippen LogP contribution in [0.3, 0.4) is 0 Å². The van der Waals surface area contributed by atoms with Gasteiger partial charge in [0, 0.05) is 18.0 Å². The molecule has 19 heavy (non-hydrogen) atoms. The number of fused-ring (bicyclic) bond motifs is 1. The fourth-order valence-electron chi connectivity index (χ4n) is 3.02. The van der Waals surface area contributed by atoms with Crippen LogP contribution in [0.1, 0.15) is 30.4 Å². The Bertz CT molecular complexity index is 554. The molecular formula is C15H15FN2O. The van der Waals surface area contributed by atoms with E-state index in [9.17, 15) is 9.18 Å². The molecule has 0 radical (unpaired) electrons. The molecule has 1 amide bonds. The molecule has 2 unspecified atom stereocenters. The molecule has 1 aromatic rings. The van der Waals surface area contributed by atoms with Gasteiger partial charge in [-0.2, -0.15) is 5.26 Å². The zero-order valence-electron chi connectivity index (χ0n) is 10.5. The van der Waals surface area contributed by atoms with Crippen molar-refractivity contribution in [3.8, 4) is 6.07 Å². The Balaban J connectivity index is 1.57. The number of nitriles is 1. The van der Waals surface area contributed by atoms with Gasteiger partial charge in [-0.15, -0.1) is 0 Å². The normalized spacial score (nSPS) is 27.5. The minimum atomic E-state index is -0.436. The highest BCUT2D eigenvalue weighted by atomic mass is 19.1. The van der Waals surface area contributed by atoms with E-state index in [2.05, 4.69) is 5.32 Å². The van der Waals surface area contributed by atoms with Gasteiger partial charge in [0.1, 0.15) is 5.82 Å². The van der Waals surface area contributed by atoms with Crippen LogP contribution >= 0.6 is 0 Å². The third-order valence-electron chi connectivity index (χ3n) is 4.25. The summed E-state index contributed by atoms with van der Waals surface area (Å²) in [4.78, 5) is 11.9. The molecule has 0 aliphatic heterocycles. The summed E-state index contributed by atoms with van der Waals surface area (Å²) in [7, 11) is 0. The van der Waals surface area contributed by atoms with Crippen LogP contribution in [0.4, 0.5) is 4.39 Å². The Morgan fingerprint density at radius 3 is 2.74 bits per heavy atom. The molecule has 0 saturated heterocycles. The Hall–Kier alpha value is -1.89. The highest BCUT2D eigenvalue weighted by Gasteiger charge is 2.47. The molecular weight excluding hydrogens is 243 g/mol. The van der Waals surface area contributed by atoms with E-state index in [0.29, 0.717) is 11.1 Å². The van der Waals surface area contributed by atoms with Crippen LogP contribution < -0.4 is 5.32 Å². The van der Waals surface area contributed by atoms with Crippen LogP contribution in [0.25, 0.3) is 0 Å². The molecule has 0 aromatic heterocycles. The van der Waals surface area contributed by atoms with E-state index in [1.807, 2.05) is 6.07 Å². The first-order valence-electron chi connectivity index (χ1n) is 6.63. The zero-order chi connectivity index (χ0) is 13.4. The number of carbonyl (C=O) groups is 1. The van der Waals surface area contributed by atoms with Gasteiger partial charge in [-0.3, -0.25) is 4.79 Å². The Kier molecular flexibility index (Phi) is 2.98. The van der Waals surface area contributed by atoms with Gasteiger partial charge < -0.3 is 5.32 Å². The highest BCUT2D eigenvalue weighted by Crippen LogP contribution is 2.54. The predicted molar refractivity (Wildman–Crippen MR) is 67.3 cm³/mol. The minimum Gasteiger partial charge on any atom is -0.352 e. The zero-order valence-corrected chi connectivity index (χ0v) is 10.5. The Morgan fingerprint density at radius 2 is 2.11 bits per heavy atom. The van der Waals surface area contributed by atoms with E-state index in [1.165, 1.54) is 12.5 Å². The van der Waals surface area contributed by atoms with Gasteiger partial charge in [0.15, 0.2) is 0 Å². The number of amides is 1. The van der Waals surface area contributed by atoms with Gasteiger partial charge in [0.2, 0.25) is 5.91 Å². The van der Waals surface area contributed by atoms with E-state index >= 15 is 0 Å². The van der Waals surface area contributed by atoms with Crippen molar-refractivity contribution in [3.05, 3.63) is 35.1 Å². The number of hydrogen-bond acceptors (Lipinski definition) is 2. The lowest BCUT2D eigenvalue weighted by Crippen LogP contribution is -2.29. The fraction of sp³-hybridized carbons (Fsp3) is 0.467. The number of benzene rings is 1. The van der Waals surface area contributed by atoms with Gasteiger partial charge in [-0.05, 0) is 43.2 Å². The smallest absolute Gasteiger partial charge is 0.223 e. The molecule has 0 bridgehead atoms. The van der Waals surface area contributed by atoms with Crippen molar-refractivity contribution in [2.45, 2.75) is 25.8 Å². The van der Waals surface area contributed by atoms with Crippen molar-refractivity contribution in [2.24, 2.45) is 17.8 Å². The van der Waals surface area contributed by atoms with E-state index in [-0.39, 0.29) is 18.4 Å². The largest absolute Gasteiger partial charge is 0.352 e. The summed E-state index contributed by atoms with van der Waals surface area (Å²) in [5.41, 5.74) is 0.721.